The number of amides is 5. The highest BCUT2D eigenvalue weighted by Gasteiger charge is 2.45. The van der Waals surface area contributed by atoms with Crippen LogP contribution in [0.15, 0.2) is 79.1 Å². The zero-order chi connectivity index (χ0) is 46.3. The summed E-state index contributed by atoms with van der Waals surface area (Å²) in [4.78, 5) is 77.8. The van der Waals surface area contributed by atoms with Gasteiger partial charge < -0.3 is 30.6 Å². The third-order valence-electron chi connectivity index (χ3n) is 13.0. The van der Waals surface area contributed by atoms with E-state index >= 15 is 0 Å². The lowest BCUT2D eigenvalue weighted by Gasteiger charge is -2.42. The summed E-state index contributed by atoms with van der Waals surface area (Å²) in [7, 11) is 0. The first kappa shape index (κ1) is 45.4. The van der Waals surface area contributed by atoms with E-state index in [4.69, 9.17) is 25.0 Å². The smallest absolute Gasteiger partial charge is 0.264 e. The third-order valence-corrected chi connectivity index (χ3v) is 13.0. The fourth-order valence-electron chi connectivity index (χ4n) is 9.46. The van der Waals surface area contributed by atoms with Gasteiger partial charge in [0, 0.05) is 63.0 Å². The number of carbonyl (C=O) groups is 5. The normalized spacial score (nSPS) is 20.2. The van der Waals surface area contributed by atoms with Gasteiger partial charge in [0.1, 0.15) is 35.4 Å². The van der Waals surface area contributed by atoms with Crippen LogP contribution in [0.3, 0.4) is 0 Å². The van der Waals surface area contributed by atoms with E-state index in [1.54, 1.807) is 12.1 Å². The van der Waals surface area contributed by atoms with E-state index in [0.29, 0.717) is 44.0 Å². The number of benzene rings is 3. The number of piperidine rings is 1. The Morgan fingerprint density at radius 1 is 0.776 bits per heavy atom. The SMILES string of the molecule is Nc1ncnc2c1c(-c1ccc(Oc3ccccc3)cc1)nn2C1CCC(N2CCN(CCOCCOCCNC(=O)CNc3cccc4c3C(=O)N(C3CCC(=O)NC3=O)C4=O)CC2)CC1. The third kappa shape index (κ3) is 10.3. The number of hydrogen-bond donors (Lipinski definition) is 4. The highest BCUT2D eigenvalue weighted by Crippen LogP contribution is 2.38. The van der Waals surface area contributed by atoms with Crippen LogP contribution in [0.5, 0.6) is 11.5 Å². The molecule has 1 aliphatic carbocycles. The minimum Gasteiger partial charge on any atom is -0.457 e. The summed E-state index contributed by atoms with van der Waals surface area (Å²) in [6, 6.07) is 22.0. The molecule has 4 aliphatic rings. The van der Waals surface area contributed by atoms with Crippen LogP contribution in [0.2, 0.25) is 0 Å². The molecule has 2 aromatic heterocycles. The van der Waals surface area contributed by atoms with Gasteiger partial charge >= 0.3 is 0 Å². The zero-order valence-corrected chi connectivity index (χ0v) is 37.2. The largest absolute Gasteiger partial charge is 0.457 e. The van der Waals surface area contributed by atoms with Crippen molar-refractivity contribution >= 4 is 52.1 Å². The van der Waals surface area contributed by atoms with Gasteiger partial charge in [0.15, 0.2) is 5.65 Å². The summed E-state index contributed by atoms with van der Waals surface area (Å²) in [6.45, 7) is 6.79. The predicted octanol–water partition coefficient (Wildman–Crippen LogP) is 3.63. The Morgan fingerprint density at radius 2 is 1.51 bits per heavy atom. The second kappa shape index (κ2) is 20.8. The number of carbonyl (C=O) groups excluding carboxylic acids is 5. The molecule has 2 saturated heterocycles. The molecule has 5 aromatic rings. The Kier molecular flexibility index (Phi) is 14.1. The van der Waals surface area contributed by atoms with Crippen molar-refractivity contribution in [3.05, 3.63) is 90.3 Å². The van der Waals surface area contributed by atoms with Gasteiger partial charge in [-0.15, -0.1) is 0 Å². The molecule has 1 unspecified atom stereocenters. The van der Waals surface area contributed by atoms with Gasteiger partial charge in [-0.3, -0.25) is 44.0 Å². The van der Waals surface area contributed by atoms with Crippen molar-refractivity contribution in [2.24, 2.45) is 0 Å². The number of aromatic nitrogens is 4. The number of anilines is 2. The Balaban J connectivity index is 0.639. The van der Waals surface area contributed by atoms with Crippen LogP contribution in [0.1, 0.15) is 65.3 Å². The average molecular weight is 914 g/mol. The quantitative estimate of drug-likeness (QED) is 0.0727. The number of para-hydroxylation sites is 1. The number of hydrogen-bond acceptors (Lipinski definition) is 15. The molecule has 19 nitrogen and oxygen atoms in total. The molecule has 0 bridgehead atoms. The number of imide groups is 2. The van der Waals surface area contributed by atoms with Gasteiger partial charge in [0.05, 0.1) is 55.5 Å². The summed E-state index contributed by atoms with van der Waals surface area (Å²) in [5.41, 5.74) is 9.46. The van der Waals surface area contributed by atoms with E-state index in [0.717, 1.165) is 97.1 Å². The topological polar surface area (TPSA) is 228 Å². The van der Waals surface area contributed by atoms with Gasteiger partial charge in [-0.1, -0.05) is 24.3 Å². The molecule has 5 amide bonds. The first-order chi connectivity index (χ1) is 32.7. The summed E-state index contributed by atoms with van der Waals surface area (Å²) in [6.07, 6.45) is 5.81. The van der Waals surface area contributed by atoms with Crippen LogP contribution < -0.4 is 26.4 Å². The molecular weight excluding hydrogens is 859 g/mol. The Labute approximate surface area is 387 Å². The van der Waals surface area contributed by atoms with Crippen LogP contribution in [0.25, 0.3) is 22.3 Å². The summed E-state index contributed by atoms with van der Waals surface area (Å²) < 4.78 is 19.6. The lowest BCUT2D eigenvalue weighted by atomic mass is 9.90. The van der Waals surface area contributed by atoms with Crippen LogP contribution in [0, 0.1) is 0 Å². The van der Waals surface area contributed by atoms with Crippen molar-refractivity contribution in [3.63, 3.8) is 0 Å². The van der Waals surface area contributed by atoms with Crippen LogP contribution in [-0.4, -0.2) is 148 Å². The standard InChI is InChI=1S/C48H55N11O8/c49-44-42-43(31-9-15-35(16-10-31)67-34-5-2-1-3-6-34)55-59(45(42)53-30-52-44)33-13-11-32(12-14-33)57-22-20-56(21-23-57)24-26-66-28-27-65-25-19-50-40(61)29-51-37-8-4-7-36-41(37)48(64)58(47(36)63)38-17-18-39(60)54-46(38)62/h1-10,15-16,30,32-33,38,51H,11-14,17-29H2,(H,50,61)(H2,49,52,53)(H,54,60,62). The van der Waals surface area contributed by atoms with Crippen molar-refractivity contribution in [2.45, 2.75) is 56.7 Å². The second-order valence-electron chi connectivity index (χ2n) is 17.1. The van der Waals surface area contributed by atoms with E-state index < -0.39 is 29.7 Å². The molecule has 1 atom stereocenters. The number of nitrogen functional groups attached to an aromatic ring is 1. The Bertz CT molecular complexity index is 2590. The lowest BCUT2D eigenvalue weighted by molar-refractivity contribution is -0.136. The van der Waals surface area contributed by atoms with E-state index in [1.165, 1.54) is 12.4 Å². The van der Waals surface area contributed by atoms with Gasteiger partial charge in [-0.2, -0.15) is 5.10 Å². The molecule has 5 N–H and O–H groups in total. The summed E-state index contributed by atoms with van der Waals surface area (Å²) >= 11 is 0. The molecule has 3 fully saturated rings. The fraction of sp³-hybridized carbons (Fsp3) is 0.417. The molecule has 1 saturated carbocycles. The number of piperazine rings is 1. The van der Waals surface area contributed by atoms with Gasteiger partial charge in [-0.05, 0) is 80.6 Å². The molecule has 67 heavy (non-hydrogen) atoms. The number of nitrogens with two attached hydrogens (primary N) is 1. The van der Waals surface area contributed by atoms with Crippen LogP contribution in [0.4, 0.5) is 11.5 Å². The zero-order valence-electron chi connectivity index (χ0n) is 37.2. The van der Waals surface area contributed by atoms with Gasteiger partial charge in [0.25, 0.3) is 11.8 Å². The fourth-order valence-corrected chi connectivity index (χ4v) is 9.46. The molecule has 9 rings (SSSR count). The summed E-state index contributed by atoms with van der Waals surface area (Å²) in [5.74, 6) is -0.757. The number of ether oxygens (including phenoxy) is 3. The van der Waals surface area contributed by atoms with Crippen molar-refractivity contribution in [1.82, 2.24) is 45.1 Å². The van der Waals surface area contributed by atoms with Crippen molar-refractivity contribution in [3.8, 4) is 22.8 Å². The molecular formula is C48H55N11O8. The number of nitrogens with one attached hydrogen (secondary N) is 3. The summed E-state index contributed by atoms with van der Waals surface area (Å²) in [5, 5.41) is 13.8. The molecule has 5 heterocycles. The molecule has 350 valence electrons. The first-order valence-electron chi connectivity index (χ1n) is 23.0. The Hall–Kier alpha value is -6.80. The van der Waals surface area contributed by atoms with E-state index in [1.807, 2.05) is 54.6 Å². The molecule has 19 heteroatoms. The molecule has 3 aliphatic heterocycles. The van der Waals surface area contributed by atoms with Gasteiger partial charge in [-0.25, -0.2) is 14.6 Å². The Morgan fingerprint density at radius 3 is 2.27 bits per heavy atom. The highest BCUT2D eigenvalue weighted by atomic mass is 16.5. The monoisotopic (exact) mass is 913 g/mol. The van der Waals surface area contributed by atoms with E-state index in [-0.39, 0.29) is 49.0 Å². The maximum absolute atomic E-state index is 13.3. The highest BCUT2D eigenvalue weighted by molar-refractivity contribution is 6.25. The van der Waals surface area contributed by atoms with E-state index in [2.05, 4.69) is 40.4 Å². The van der Waals surface area contributed by atoms with Crippen molar-refractivity contribution in [1.29, 1.82) is 0 Å². The van der Waals surface area contributed by atoms with Crippen molar-refractivity contribution in [2.75, 3.05) is 83.3 Å². The minimum atomic E-state index is -1.07. The average Bonchev–Trinajstić information content (AvgIpc) is 3.86. The van der Waals surface area contributed by atoms with E-state index in [9.17, 15) is 24.0 Å². The number of nitrogens with zero attached hydrogens (tertiary/aromatic N) is 7. The molecule has 3 aromatic carbocycles. The van der Waals surface area contributed by atoms with Crippen molar-refractivity contribution < 1.29 is 38.2 Å². The first-order valence-corrected chi connectivity index (χ1v) is 23.0. The number of rotatable bonds is 18. The van der Waals surface area contributed by atoms with Crippen LogP contribution >= 0.6 is 0 Å². The number of fused-ring (bicyclic) bond motifs is 2. The van der Waals surface area contributed by atoms with Gasteiger partial charge in [0.2, 0.25) is 17.7 Å². The molecule has 0 spiro atoms. The van der Waals surface area contributed by atoms with Crippen LogP contribution in [-0.2, 0) is 23.9 Å². The minimum absolute atomic E-state index is 0.0308. The lowest BCUT2D eigenvalue weighted by Crippen LogP contribution is -2.54. The second-order valence-corrected chi connectivity index (χ2v) is 17.1. The maximum Gasteiger partial charge on any atom is 0.264 e. The maximum atomic E-state index is 13.3. The predicted molar refractivity (Wildman–Crippen MR) is 247 cm³/mol. The molecule has 0 radical (unpaired) electrons.